The fourth-order valence-corrected chi connectivity index (χ4v) is 6.70. The number of hydrogen-bond acceptors (Lipinski definition) is 3. The Morgan fingerprint density at radius 2 is 1.19 bits per heavy atom. The molecule has 0 atom stereocenters. The van der Waals surface area contributed by atoms with Gasteiger partial charge in [0, 0.05) is 36.6 Å². The van der Waals surface area contributed by atoms with Gasteiger partial charge >= 0.3 is 0 Å². The molecule has 0 N–H and O–H groups in total. The molecule has 174 valence electrons. The van der Waals surface area contributed by atoms with Crippen LogP contribution in [0, 0.1) is 0 Å². The first-order chi connectivity index (χ1) is 18.3. The average molecular weight is 492 g/mol. The standard InChI is InChI=1S/C34H21NOS/c1-2-12-24(13-3-1)35(28-16-9-19-32-33(28)26-14-6-7-18-31(26)37-32)29-17-8-15-25-27-20-22-10-4-5-11-23(22)21-30(27)36-34(25)29/h1-21H. The van der Waals surface area contributed by atoms with E-state index < -0.39 is 0 Å². The van der Waals surface area contributed by atoms with Crippen LogP contribution in [-0.2, 0) is 0 Å². The fourth-order valence-electron chi connectivity index (χ4n) is 5.57. The highest BCUT2D eigenvalue weighted by Gasteiger charge is 2.22. The first-order valence-corrected chi connectivity index (χ1v) is 13.3. The van der Waals surface area contributed by atoms with Crippen molar-refractivity contribution in [2.24, 2.45) is 0 Å². The zero-order chi connectivity index (χ0) is 24.3. The molecule has 2 aromatic heterocycles. The van der Waals surface area contributed by atoms with Gasteiger partial charge in [0.05, 0.1) is 11.4 Å². The maximum absolute atomic E-state index is 6.66. The summed E-state index contributed by atoms with van der Waals surface area (Å²) < 4.78 is 9.24. The van der Waals surface area contributed by atoms with Crippen LogP contribution in [0.15, 0.2) is 132 Å². The van der Waals surface area contributed by atoms with Gasteiger partial charge in [-0.25, -0.2) is 0 Å². The number of thiophene rings is 1. The van der Waals surface area contributed by atoms with Gasteiger partial charge in [-0.15, -0.1) is 11.3 Å². The minimum absolute atomic E-state index is 0.896. The minimum atomic E-state index is 0.896. The van der Waals surface area contributed by atoms with Gasteiger partial charge in [0.2, 0.25) is 0 Å². The Kier molecular flexibility index (Phi) is 4.42. The summed E-state index contributed by atoms with van der Waals surface area (Å²) in [7, 11) is 0. The molecular weight excluding hydrogens is 470 g/mol. The summed E-state index contributed by atoms with van der Waals surface area (Å²) in [6.45, 7) is 0. The molecule has 0 saturated heterocycles. The van der Waals surface area contributed by atoms with E-state index in [0.29, 0.717) is 0 Å². The number of nitrogens with zero attached hydrogens (tertiary/aromatic N) is 1. The molecule has 0 amide bonds. The van der Waals surface area contributed by atoms with Crippen molar-refractivity contribution in [3.8, 4) is 0 Å². The van der Waals surface area contributed by atoms with Gasteiger partial charge in [0.15, 0.2) is 5.58 Å². The highest BCUT2D eigenvalue weighted by Crippen LogP contribution is 2.47. The summed E-state index contributed by atoms with van der Waals surface area (Å²) >= 11 is 1.84. The zero-order valence-corrected chi connectivity index (χ0v) is 20.7. The SMILES string of the molecule is c1ccc(N(c2cccc3c2oc2cc4ccccc4cc23)c2cccc3sc4ccccc4c23)cc1. The van der Waals surface area contributed by atoms with E-state index in [1.165, 1.54) is 30.9 Å². The molecule has 3 heteroatoms. The van der Waals surface area contributed by atoms with E-state index in [1.54, 1.807) is 0 Å². The average Bonchev–Trinajstić information content (AvgIpc) is 3.51. The van der Waals surface area contributed by atoms with Crippen LogP contribution in [0.5, 0.6) is 0 Å². The molecule has 0 spiro atoms. The Morgan fingerprint density at radius 1 is 0.514 bits per heavy atom. The molecular formula is C34H21NOS. The van der Waals surface area contributed by atoms with Crippen LogP contribution < -0.4 is 4.90 Å². The third-order valence-electron chi connectivity index (χ3n) is 7.22. The molecule has 37 heavy (non-hydrogen) atoms. The van der Waals surface area contributed by atoms with Gasteiger partial charge in [-0.05, 0) is 59.3 Å². The van der Waals surface area contributed by atoms with Crippen LogP contribution in [0.25, 0.3) is 52.9 Å². The molecule has 0 aliphatic carbocycles. The van der Waals surface area contributed by atoms with Crippen LogP contribution >= 0.6 is 11.3 Å². The molecule has 0 unspecified atom stereocenters. The number of furan rings is 1. The highest BCUT2D eigenvalue weighted by atomic mass is 32.1. The van der Waals surface area contributed by atoms with Gasteiger partial charge in [-0.2, -0.15) is 0 Å². The number of hydrogen-bond donors (Lipinski definition) is 0. The molecule has 8 rings (SSSR count). The van der Waals surface area contributed by atoms with Gasteiger partial charge in [0.1, 0.15) is 5.58 Å². The van der Waals surface area contributed by atoms with Crippen molar-refractivity contribution < 1.29 is 4.42 Å². The maximum Gasteiger partial charge on any atom is 0.159 e. The van der Waals surface area contributed by atoms with Crippen molar-refractivity contribution in [2.45, 2.75) is 0 Å². The fraction of sp³-hybridized carbons (Fsp3) is 0. The Morgan fingerprint density at radius 3 is 2.08 bits per heavy atom. The second-order valence-electron chi connectivity index (χ2n) is 9.37. The topological polar surface area (TPSA) is 16.4 Å². The van der Waals surface area contributed by atoms with Crippen molar-refractivity contribution >= 4 is 81.3 Å². The molecule has 0 aliphatic heterocycles. The zero-order valence-electron chi connectivity index (χ0n) is 19.9. The number of anilines is 3. The van der Waals surface area contributed by atoms with Crippen molar-refractivity contribution in [1.82, 2.24) is 0 Å². The normalized spacial score (nSPS) is 11.8. The van der Waals surface area contributed by atoms with E-state index in [9.17, 15) is 0 Å². The van der Waals surface area contributed by atoms with Gasteiger partial charge in [-0.1, -0.05) is 78.9 Å². The van der Waals surface area contributed by atoms with Crippen molar-refractivity contribution in [3.63, 3.8) is 0 Å². The monoisotopic (exact) mass is 491 g/mol. The van der Waals surface area contributed by atoms with Gasteiger partial charge in [-0.3, -0.25) is 0 Å². The molecule has 6 aromatic carbocycles. The van der Waals surface area contributed by atoms with E-state index in [2.05, 4.69) is 132 Å². The quantitative estimate of drug-likeness (QED) is 0.244. The maximum atomic E-state index is 6.66. The lowest BCUT2D eigenvalue weighted by atomic mass is 10.0. The summed E-state index contributed by atoms with van der Waals surface area (Å²) in [5.74, 6) is 0. The van der Waals surface area contributed by atoms with Crippen LogP contribution in [0.3, 0.4) is 0 Å². The first kappa shape index (κ1) is 20.6. The van der Waals surface area contributed by atoms with E-state index in [-0.39, 0.29) is 0 Å². The number of fused-ring (bicyclic) bond motifs is 7. The van der Waals surface area contributed by atoms with E-state index in [1.807, 2.05) is 11.3 Å². The van der Waals surface area contributed by atoms with Gasteiger partial charge in [0.25, 0.3) is 0 Å². The van der Waals surface area contributed by atoms with Crippen molar-refractivity contribution in [3.05, 3.63) is 127 Å². The third-order valence-corrected chi connectivity index (χ3v) is 8.36. The van der Waals surface area contributed by atoms with Crippen molar-refractivity contribution in [2.75, 3.05) is 4.90 Å². The Bertz CT molecular complexity index is 2100. The molecule has 0 bridgehead atoms. The Labute approximate surface area is 217 Å². The number of benzene rings is 6. The number of rotatable bonds is 3. The van der Waals surface area contributed by atoms with E-state index in [0.717, 1.165) is 39.0 Å². The summed E-state index contributed by atoms with van der Waals surface area (Å²) in [5.41, 5.74) is 5.09. The van der Waals surface area contributed by atoms with Crippen molar-refractivity contribution in [1.29, 1.82) is 0 Å². The molecule has 0 radical (unpaired) electrons. The summed E-state index contributed by atoms with van der Waals surface area (Å²) in [4.78, 5) is 2.35. The molecule has 0 aliphatic rings. The smallest absolute Gasteiger partial charge is 0.159 e. The summed E-state index contributed by atoms with van der Waals surface area (Å²) in [5, 5.41) is 7.22. The second-order valence-corrected chi connectivity index (χ2v) is 10.5. The second kappa shape index (κ2) is 7.95. The van der Waals surface area contributed by atoms with Crippen LogP contribution in [0.4, 0.5) is 17.1 Å². The predicted molar refractivity (Wildman–Crippen MR) is 159 cm³/mol. The molecule has 2 heterocycles. The van der Waals surface area contributed by atoms with Gasteiger partial charge < -0.3 is 9.32 Å². The first-order valence-electron chi connectivity index (χ1n) is 12.4. The molecule has 2 nitrogen and oxygen atoms in total. The molecule has 0 saturated carbocycles. The summed E-state index contributed by atoms with van der Waals surface area (Å²) in [6, 6.07) is 45.3. The molecule has 8 aromatic rings. The predicted octanol–water partition coefficient (Wildman–Crippen LogP) is 10.6. The Balaban J connectivity index is 1.47. The van der Waals surface area contributed by atoms with E-state index in [4.69, 9.17) is 4.42 Å². The Hall–Kier alpha value is -4.60. The lowest BCUT2D eigenvalue weighted by molar-refractivity contribution is 0.669. The largest absolute Gasteiger partial charge is 0.454 e. The van der Waals surface area contributed by atoms with Crippen LogP contribution in [-0.4, -0.2) is 0 Å². The lowest BCUT2D eigenvalue weighted by Gasteiger charge is -2.26. The highest BCUT2D eigenvalue weighted by molar-refractivity contribution is 7.26. The third kappa shape index (κ3) is 3.11. The van der Waals surface area contributed by atoms with Crippen LogP contribution in [0.2, 0.25) is 0 Å². The lowest BCUT2D eigenvalue weighted by Crippen LogP contribution is -2.10. The summed E-state index contributed by atoms with van der Waals surface area (Å²) in [6.07, 6.45) is 0. The molecule has 0 fully saturated rings. The van der Waals surface area contributed by atoms with E-state index >= 15 is 0 Å². The number of para-hydroxylation sites is 2. The van der Waals surface area contributed by atoms with Crippen LogP contribution in [0.1, 0.15) is 0 Å². The minimum Gasteiger partial charge on any atom is -0.454 e.